The van der Waals surface area contributed by atoms with E-state index >= 15 is 0 Å². The Bertz CT molecular complexity index is 38.6. The molecule has 9 heavy (non-hydrogen) atoms. The number of rotatable bonds is 5. The fraction of sp³-hybridized carbons (Fsp3) is 1.00. The van der Waals surface area contributed by atoms with Crippen molar-refractivity contribution in [1.29, 1.82) is 0 Å². The summed E-state index contributed by atoms with van der Waals surface area (Å²) in [6, 6.07) is 0. The predicted octanol–water partition coefficient (Wildman–Crippen LogP) is -0.968. The summed E-state index contributed by atoms with van der Waals surface area (Å²) in [4.78, 5) is 0. The SMILES string of the molecule is CCCCCCCN.[H-].[Li+]. The van der Waals surface area contributed by atoms with Crippen LogP contribution in [0.15, 0.2) is 0 Å². The molecule has 0 aliphatic carbocycles. The minimum absolute atomic E-state index is 0. The Morgan fingerprint density at radius 3 is 2.11 bits per heavy atom. The summed E-state index contributed by atoms with van der Waals surface area (Å²) in [5.74, 6) is 0. The van der Waals surface area contributed by atoms with E-state index in [0.717, 1.165) is 6.54 Å². The van der Waals surface area contributed by atoms with Gasteiger partial charge in [-0.15, -0.1) is 0 Å². The molecule has 2 heteroatoms. The van der Waals surface area contributed by atoms with Crippen LogP contribution < -0.4 is 24.6 Å². The van der Waals surface area contributed by atoms with Gasteiger partial charge in [-0.25, -0.2) is 0 Å². The molecule has 0 bridgehead atoms. The van der Waals surface area contributed by atoms with E-state index in [1.54, 1.807) is 0 Å². The molecule has 0 heterocycles. The Hall–Kier alpha value is 0.557. The summed E-state index contributed by atoms with van der Waals surface area (Å²) in [6.45, 7) is 3.09. The molecule has 0 saturated heterocycles. The van der Waals surface area contributed by atoms with E-state index in [0.29, 0.717) is 0 Å². The van der Waals surface area contributed by atoms with Crippen molar-refractivity contribution < 1.29 is 20.3 Å². The molecule has 0 aromatic carbocycles. The quantitative estimate of drug-likeness (QED) is 0.369. The van der Waals surface area contributed by atoms with Crippen molar-refractivity contribution in [3.8, 4) is 0 Å². The van der Waals surface area contributed by atoms with E-state index in [9.17, 15) is 0 Å². The second-order valence-electron chi connectivity index (χ2n) is 2.20. The molecule has 0 aromatic heterocycles. The topological polar surface area (TPSA) is 26.0 Å². The maximum atomic E-state index is 5.31. The monoisotopic (exact) mass is 123 g/mol. The zero-order chi connectivity index (χ0) is 6.24. The Balaban J connectivity index is -0.000000245. The van der Waals surface area contributed by atoms with Crippen LogP contribution in [-0.4, -0.2) is 6.54 Å². The number of hydrogen-bond donors (Lipinski definition) is 1. The van der Waals surface area contributed by atoms with Gasteiger partial charge in [0.25, 0.3) is 0 Å². The van der Waals surface area contributed by atoms with Crippen molar-refractivity contribution in [3.63, 3.8) is 0 Å². The van der Waals surface area contributed by atoms with Crippen molar-refractivity contribution in [2.45, 2.75) is 39.0 Å². The van der Waals surface area contributed by atoms with Gasteiger partial charge in [-0.1, -0.05) is 32.6 Å². The van der Waals surface area contributed by atoms with Crippen molar-refractivity contribution in [2.24, 2.45) is 5.73 Å². The predicted molar refractivity (Wildman–Crippen MR) is 38.9 cm³/mol. The van der Waals surface area contributed by atoms with Gasteiger partial charge in [-0.3, -0.25) is 0 Å². The molecule has 0 aliphatic heterocycles. The second kappa shape index (κ2) is 11.4. The zero-order valence-electron chi connectivity index (χ0n) is 7.82. The van der Waals surface area contributed by atoms with Gasteiger partial charge < -0.3 is 7.16 Å². The summed E-state index contributed by atoms with van der Waals surface area (Å²) in [5, 5.41) is 0. The summed E-state index contributed by atoms with van der Waals surface area (Å²) in [6.07, 6.45) is 6.60. The molecule has 0 fully saturated rings. The molecular weight excluding hydrogens is 105 g/mol. The molecule has 52 valence electrons. The summed E-state index contributed by atoms with van der Waals surface area (Å²) >= 11 is 0. The Kier molecular flexibility index (Phi) is 15.5. The first-order chi connectivity index (χ1) is 3.91. The van der Waals surface area contributed by atoms with Crippen molar-refractivity contribution in [3.05, 3.63) is 0 Å². The molecule has 0 rings (SSSR count). The van der Waals surface area contributed by atoms with Gasteiger partial charge in [0.2, 0.25) is 0 Å². The molecule has 0 unspecified atom stereocenters. The second-order valence-corrected chi connectivity index (χ2v) is 2.20. The van der Waals surface area contributed by atoms with Crippen LogP contribution in [0.25, 0.3) is 0 Å². The minimum Gasteiger partial charge on any atom is -1.00 e. The molecule has 0 aliphatic rings. The summed E-state index contributed by atoms with van der Waals surface area (Å²) < 4.78 is 0. The van der Waals surface area contributed by atoms with Gasteiger partial charge in [0.15, 0.2) is 0 Å². The first kappa shape index (κ1) is 12.3. The van der Waals surface area contributed by atoms with Crippen LogP contribution in [0.1, 0.15) is 40.5 Å². The average molecular weight is 123 g/mol. The molecule has 0 radical (unpaired) electrons. The molecule has 0 saturated carbocycles. The average Bonchev–Trinajstić information content (AvgIpc) is 1.81. The van der Waals surface area contributed by atoms with Crippen LogP contribution in [0.5, 0.6) is 0 Å². The molecule has 0 spiro atoms. The van der Waals surface area contributed by atoms with Crippen LogP contribution in [-0.2, 0) is 0 Å². The molecule has 0 amide bonds. The van der Waals surface area contributed by atoms with Crippen molar-refractivity contribution in [1.82, 2.24) is 0 Å². The van der Waals surface area contributed by atoms with Crippen molar-refractivity contribution >= 4 is 0 Å². The smallest absolute Gasteiger partial charge is 1.00 e. The number of nitrogens with two attached hydrogens (primary N) is 1. The van der Waals surface area contributed by atoms with Gasteiger partial charge in [-0.2, -0.15) is 0 Å². The van der Waals surface area contributed by atoms with Crippen LogP contribution in [0, 0.1) is 0 Å². The Morgan fingerprint density at radius 2 is 1.67 bits per heavy atom. The maximum absolute atomic E-state index is 5.31. The van der Waals surface area contributed by atoms with Crippen LogP contribution in [0.2, 0.25) is 0 Å². The number of hydrogen-bond acceptors (Lipinski definition) is 1. The van der Waals surface area contributed by atoms with Gasteiger partial charge >= 0.3 is 18.9 Å². The van der Waals surface area contributed by atoms with E-state index in [1.165, 1.54) is 32.1 Å². The first-order valence-corrected chi connectivity index (χ1v) is 3.62. The van der Waals surface area contributed by atoms with E-state index in [4.69, 9.17) is 5.73 Å². The third-order valence-corrected chi connectivity index (χ3v) is 1.31. The fourth-order valence-corrected chi connectivity index (χ4v) is 0.748. The standard InChI is InChI=1S/C7H17N.Li.H/c1-2-3-4-5-6-7-8;;/h2-8H2,1H3;;/q;+1;-1. The minimum atomic E-state index is 0. The summed E-state index contributed by atoms with van der Waals surface area (Å²) in [5.41, 5.74) is 5.31. The van der Waals surface area contributed by atoms with Crippen LogP contribution in [0.4, 0.5) is 0 Å². The Labute approximate surface area is 72.1 Å². The van der Waals surface area contributed by atoms with Gasteiger partial charge in [0, 0.05) is 0 Å². The van der Waals surface area contributed by atoms with Crippen LogP contribution >= 0.6 is 0 Å². The third-order valence-electron chi connectivity index (χ3n) is 1.31. The van der Waals surface area contributed by atoms with Gasteiger partial charge in [-0.05, 0) is 13.0 Å². The van der Waals surface area contributed by atoms with E-state index in [2.05, 4.69) is 6.92 Å². The molecular formula is C7H18LiN. The van der Waals surface area contributed by atoms with E-state index in [-0.39, 0.29) is 20.3 Å². The molecule has 0 atom stereocenters. The first-order valence-electron chi connectivity index (χ1n) is 3.62. The normalized spacial score (nSPS) is 8.67. The fourth-order valence-electron chi connectivity index (χ4n) is 0.748. The van der Waals surface area contributed by atoms with Crippen LogP contribution in [0.3, 0.4) is 0 Å². The molecule has 0 aromatic rings. The zero-order valence-corrected chi connectivity index (χ0v) is 6.82. The Morgan fingerprint density at radius 1 is 1.11 bits per heavy atom. The summed E-state index contributed by atoms with van der Waals surface area (Å²) in [7, 11) is 0. The molecule has 1 nitrogen and oxygen atoms in total. The largest absolute Gasteiger partial charge is 1.00 e. The van der Waals surface area contributed by atoms with Gasteiger partial charge in [0.1, 0.15) is 0 Å². The van der Waals surface area contributed by atoms with E-state index < -0.39 is 0 Å². The van der Waals surface area contributed by atoms with Gasteiger partial charge in [0.05, 0.1) is 0 Å². The molecule has 2 N–H and O–H groups in total. The third kappa shape index (κ3) is 11.9. The maximum Gasteiger partial charge on any atom is 1.00 e. The number of unbranched alkanes of at least 4 members (excludes halogenated alkanes) is 4. The van der Waals surface area contributed by atoms with Crippen molar-refractivity contribution in [2.75, 3.05) is 6.54 Å². The van der Waals surface area contributed by atoms with E-state index in [1.807, 2.05) is 0 Å².